The molecule has 0 aliphatic carbocycles. The number of thiophene rings is 1. The van der Waals surface area contributed by atoms with Crippen molar-refractivity contribution < 1.29 is 14.5 Å². The van der Waals surface area contributed by atoms with Crippen LogP contribution in [0.3, 0.4) is 0 Å². The molecule has 0 aliphatic rings. The van der Waals surface area contributed by atoms with Crippen molar-refractivity contribution in [3.8, 4) is 0 Å². The number of hydrogen-bond acceptors (Lipinski definition) is 5. The van der Waals surface area contributed by atoms with Crippen LogP contribution < -0.4 is 5.32 Å². The highest BCUT2D eigenvalue weighted by atomic mass is 35.5. The van der Waals surface area contributed by atoms with Gasteiger partial charge >= 0.3 is 5.00 Å². The van der Waals surface area contributed by atoms with Gasteiger partial charge in [-0.1, -0.05) is 22.9 Å². The summed E-state index contributed by atoms with van der Waals surface area (Å²) in [7, 11) is 1.45. The van der Waals surface area contributed by atoms with Gasteiger partial charge in [0.25, 0.3) is 5.91 Å². The largest absolute Gasteiger partial charge is 0.332 e. The van der Waals surface area contributed by atoms with Gasteiger partial charge in [0.2, 0.25) is 5.91 Å². The number of likely N-dealkylation sites (N-methyl/N-ethyl adjacent to an activating group) is 1. The summed E-state index contributed by atoms with van der Waals surface area (Å²) in [5.74, 6) is -0.830. The third-order valence-corrected chi connectivity index (χ3v) is 4.11. The molecule has 7 nitrogen and oxygen atoms in total. The molecule has 1 aromatic carbocycles. The summed E-state index contributed by atoms with van der Waals surface area (Å²) in [6, 6.07) is 9.20. The fourth-order valence-corrected chi connectivity index (χ4v) is 2.69. The molecule has 2 amide bonds. The number of anilines is 1. The first-order chi connectivity index (χ1) is 10.9. The van der Waals surface area contributed by atoms with E-state index in [1.807, 2.05) is 0 Å². The maximum absolute atomic E-state index is 12.1. The molecule has 1 N–H and O–H groups in total. The van der Waals surface area contributed by atoms with Crippen molar-refractivity contribution >= 4 is 45.4 Å². The number of amides is 2. The molecule has 1 aromatic heterocycles. The lowest BCUT2D eigenvalue weighted by Gasteiger charge is -2.15. The van der Waals surface area contributed by atoms with Crippen LogP contribution in [0.15, 0.2) is 36.4 Å². The lowest BCUT2D eigenvalue weighted by atomic mass is 10.3. The predicted molar refractivity (Wildman–Crippen MR) is 88.0 cm³/mol. The van der Waals surface area contributed by atoms with Gasteiger partial charge < -0.3 is 10.2 Å². The van der Waals surface area contributed by atoms with E-state index < -0.39 is 10.8 Å². The van der Waals surface area contributed by atoms with Crippen molar-refractivity contribution in [2.24, 2.45) is 0 Å². The molecule has 0 saturated heterocycles. The minimum absolute atomic E-state index is 0.118. The molecular formula is C14H12ClN3O4S. The monoisotopic (exact) mass is 353 g/mol. The van der Waals surface area contributed by atoms with Gasteiger partial charge in [0.05, 0.1) is 16.3 Å². The molecule has 23 heavy (non-hydrogen) atoms. The van der Waals surface area contributed by atoms with E-state index in [1.54, 1.807) is 24.3 Å². The molecule has 0 spiro atoms. The fourth-order valence-electron chi connectivity index (χ4n) is 1.75. The van der Waals surface area contributed by atoms with Gasteiger partial charge in [0.15, 0.2) is 0 Å². The number of carbonyl (C=O) groups excluding carboxylic acids is 2. The van der Waals surface area contributed by atoms with Crippen LogP contribution in [0.5, 0.6) is 0 Å². The summed E-state index contributed by atoms with van der Waals surface area (Å²) in [4.78, 5) is 35.5. The topological polar surface area (TPSA) is 92.6 Å². The van der Waals surface area contributed by atoms with Gasteiger partial charge in [-0.3, -0.25) is 19.7 Å². The number of hydrogen-bond donors (Lipinski definition) is 1. The average molecular weight is 354 g/mol. The van der Waals surface area contributed by atoms with Crippen LogP contribution in [-0.4, -0.2) is 35.2 Å². The normalized spacial score (nSPS) is 10.2. The van der Waals surface area contributed by atoms with Crippen molar-refractivity contribution in [3.63, 3.8) is 0 Å². The Morgan fingerprint density at radius 1 is 1.26 bits per heavy atom. The van der Waals surface area contributed by atoms with Crippen molar-refractivity contribution in [1.29, 1.82) is 0 Å². The minimum Gasteiger partial charge on any atom is -0.332 e. The van der Waals surface area contributed by atoms with E-state index in [-0.39, 0.29) is 22.3 Å². The summed E-state index contributed by atoms with van der Waals surface area (Å²) < 4.78 is 0. The highest BCUT2D eigenvalue weighted by Gasteiger charge is 2.20. The molecule has 1 heterocycles. The number of nitrogens with one attached hydrogen (secondary N) is 1. The Hall–Kier alpha value is -2.45. The Labute approximate surface area is 140 Å². The van der Waals surface area contributed by atoms with Crippen molar-refractivity contribution in [3.05, 3.63) is 56.4 Å². The first-order valence-electron chi connectivity index (χ1n) is 6.42. The lowest BCUT2D eigenvalue weighted by molar-refractivity contribution is -0.380. The highest BCUT2D eigenvalue weighted by Crippen LogP contribution is 2.24. The molecule has 0 bridgehead atoms. The van der Waals surface area contributed by atoms with Crippen LogP contribution in [0.4, 0.5) is 10.7 Å². The van der Waals surface area contributed by atoms with Gasteiger partial charge in [0, 0.05) is 23.8 Å². The summed E-state index contributed by atoms with van der Waals surface area (Å²) in [5.41, 5.74) is 0.562. The number of halogens is 1. The standard InChI is InChI=1S/C14H12ClN3O4S/c1-17(14(20)11-6-7-13(23-11)18(21)22)8-12(19)16-10-4-2-9(15)3-5-10/h2-7H,8H2,1H3,(H,16,19). The van der Waals surface area contributed by atoms with Gasteiger partial charge in [0.1, 0.15) is 0 Å². The molecular weight excluding hydrogens is 342 g/mol. The lowest BCUT2D eigenvalue weighted by Crippen LogP contribution is -2.34. The minimum atomic E-state index is -0.561. The van der Waals surface area contributed by atoms with Crippen molar-refractivity contribution in [2.45, 2.75) is 0 Å². The number of carbonyl (C=O) groups is 2. The zero-order valence-electron chi connectivity index (χ0n) is 12.0. The third kappa shape index (κ3) is 4.51. The third-order valence-electron chi connectivity index (χ3n) is 2.84. The fraction of sp³-hybridized carbons (Fsp3) is 0.143. The second-order valence-electron chi connectivity index (χ2n) is 4.61. The molecule has 9 heteroatoms. The summed E-state index contributed by atoms with van der Waals surface area (Å²) >= 11 is 6.53. The molecule has 0 unspecified atom stereocenters. The predicted octanol–water partition coefficient (Wildman–Crippen LogP) is 3.02. The second-order valence-corrected chi connectivity index (χ2v) is 6.11. The number of nitrogens with zero attached hydrogens (tertiary/aromatic N) is 2. The number of nitro groups is 1. The van der Waals surface area contributed by atoms with Crippen molar-refractivity contribution in [1.82, 2.24) is 4.90 Å². The Balaban J connectivity index is 1.95. The molecule has 0 fully saturated rings. The Kier molecular flexibility index (Phi) is 5.30. The van der Waals surface area contributed by atoms with E-state index in [1.165, 1.54) is 24.1 Å². The van der Waals surface area contributed by atoms with E-state index in [0.717, 1.165) is 11.3 Å². The van der Waals surface area contributed by atoms with E-state index in [9.17, 15) is 19.7 Å². The van der Waals surface area contributed by atoms with Crippen LogP contribution in [0.1, 0.15) is 9.67 Å². The van der Waals surface area contributed by atoms with E-state index in [2.05, 4.69) is 5.32 Å². The maximum Gasteiger partial charge on any atom is 0.324 e. The Morgan fingerprint density at radius 3 is 2.48 bits per heavy atom. The SMILES string of the molecule is CN(CC(=O)Nc1ccc(Cl)cc1)C(=O)c1ccc([N+](=O)[O-])s1. The number of rotatable bonds is 5. The van der Waals surface area contributed by atoms with Crippen LogP contribution in [0.25, 0.3) is 0 Å². The second kappa shape index (κ2) is 7.21. The molecule has 2 aromatic rings. The van der Waals surface area contributed by atoms with Crippen molar-refractivity contribution in [2.75, 3.05) is 18.9 Å². The van der Waals surface area contributed by atoms with Gasteiger partial charge in [-0.05, 0) is 30.3 Å². The summed E-state index contributed by atoms with van der Waals surface area (Å²) in [6.07, 6.45) is 0. The van der Waals surface area contributed by atoms with Gasteiger partial charge in [-0.15, -0.1) is 0 Å². The number of benzene rings is 1. The highest BCUT2D eigenvalue weighted by molar-refractivity contribution is 7.17. The Morgan fingerprint density at radius 2 is 1.91 bits per heavy atom. The molecule has 0 aliphatic heterocycles. The quantitative estimate of drug-likeness (QED) is 0.660. The smallest absolute Gasteiger partial charge is 0.324 e. The zero-order valence-corrected chi connectivity index (χ0v) is 13.6. The maximum atomic E-state index is 12.1. The zero-order chi connectivity index (χ0) is 17.0. The van der Waals surface area contributed by atoms with E-state index >= 15 is 0 Å². The van der Waals surface area contributed by atoms with Crippen LogP contribution >= 0.6 is 22.9 Å². The van der Waals surface area contributed by atoms with Crippen LogP contribution in [-0.2, 0) is 4.79 Å². The van der Waals surface area contributed by atoms with E-state index in [4.69, 9.17) is 11.6 Å². The molecule has 120 valence electrons. The average Bonchev–Trinajstić information content (AvgIpc) is 2.98. The summed E-state index contributed by atoms with van der Waals surface area (Å²) in [6.45, 7) is -0.173. The van der Waals surface area contributed by atoms with E-state index in [0.29, 0.717) is 10.7 Å². The van der Waals surface area contributed by atoms with Crippen LogP contribution in [0, 0.1) is 10.1 Å². The first-order valence-corrected chi connectivity index (χ1v) is 7.61. The molecule has 0 atom stereocenters. The summed E-state index contributed by atoms with van der Waals surface area (Å²) in [5, 5.41) is 13.7. The molecule has 0 radical (unpaired) electrons. The molecule has 2 rings (SSSR count). The van der Waals surface area contributed by atoms with Gasteiger partial charge in [-0.2, -0.15) is 0 Å². The Bertz CT molecular complexity index is 745. The molecule has 0 saturated carbocycles. The van der Waals surface area contributed by atoms with Crippen LogP contribution in [0.2, 0.25) is 5.02 Å². The van der Waals surface area contributed by atoms with Gasteiger partial charge in [-0.25, -0.2) is 0 Å². The first kappa shape index (κ1) is 16.9.